The first-order valence-electron chi connectivity index (χ1n) is 4.33. The number of thiophene rings is 1. The van der Waals surface area contributed by atoms with E-state index in [0.29, 0.717) is 0 Å². The van der Waals surface area contributed by atoms with E-state index >= 15 is 0 Å². The monoisotopic (exact) mass is 220 g/mol. The lowest BCUT2D eigenvalue weighted by Gasteiger charge is -1.89. The predicted molar refractivity (Wildman–Crippen MR) is 64.7 cm³/mol. The van der Waals surface area contributed by atoms with Gasteiger partial charge in [-0.05, 0) is 23.8 Å². The summed E-state index contributed by atoms with van der Waals surface area (Å²) in [5.74, 6) is 0. The van der Waals surface area contributed by atoms with Crippen LogP contribution in [0, 0.1) is 0 Å². The van der Waals surface area contributed by atoms with Gasteiger partial charge < -0.3 is 0 Å². The Morgan fingerprint density at radius 3 is 2.36 bits per heavy atom. The van der Waals surface area contributed by atoms with Crippen LogP contribution in [0.1, 0.15) is 10.4 Å². The molecular formula is C12H9ClS. The number of hydrogen-bond donors (Lipinski definition) is 0. The second kappa shape index (κ2) is 4.45. The molecule has 0 aliphatic heterocycles. The molecule has 0 saturated heterocycles. The maximum atomic E-state index is 5.83. The van der Waals surface area contributed by atoms with Crippen molar-refractivity contribution in [1.82, 2.24) is 0 Å². The van der Waals surface area contributed by atoms with Gasteiger partial charge >= 0.3 is 0 Å². The van der Waals surface area contributed by atoms with Crippen LogP contribution in [0.3, 0.4) is 0 Å². The first-order valence-corrected chi connectivity index (χ1v) is 5.52. The lowest BCUT2D eigenvalue weighted by molar-refractivity contribution is 1.67. The molecule has 2 heteroatoms. The number of hydrogen-bond acceptors (Lipinski definition) is 1. The van der Waals surface area contributed by atoms with Crippen LogP contribution in [0.25, 0.3) is 12.2 Å². The molecule has 0 unspecified atom stereocenters. The Balaban J connectivity index is 2.15. The molecule has 1 aromatic carbocycles. The molecule has 0 bridgehead atoms. The van der Waals surface area contributed by atoms with Gasteiger partial charge in [-0.1, -0.05) is 48.0 Å². The van der Waals surface area contributed by atoms with E-state index in [-0.39, 0.29) is 0 Å². The maximum Gasteiger partial charge on any atom is 0.0934 e. The molecule has 0 aliphatic carbocycles. The average Bonchev–Trinajstić information content (AvgIpc) is 2.63. The molecule has 0 aliphatic rings. The maximum absolute atomic E-state index is 5.83. The lowest BCUT2D eigenvalue weighted by Crippen LogP contribution is -1.67. The van der Waals surface area contributed by atoms with Gasteiger partial charge in [-0.2, -0.15) is 0 Å². The summed E-state index contributed by atoms with van der Waals surface area (Å²) in [6.45, 7) is 0. The topological polar surface area (TPSA) is 0 Å². The van der Waals surface area contributed by atoms with Crippen molar-refractivity contribution in [2.45, 2.75) is 0 Å². The van der Waals surface area contributed by atoms with Gasteiger partial charge in [0.25, 0.3) is 0 Å². The molecule has 0 spiro atoms. The summed E-state index contributed by atoms with van der Waals surface area (Å²) in [4.78, 5) is 1.18. The molecule has 0 nitrogen and oxygen atoms in total. The molecule has 0 fully saturated rings. The minimum absolute atomic E-state index is 0.831. The SMILES string of the molecule is Clc1ccc(/C=C/c2ccccc2)s1. The molecule has 2 aromatic rings. The first kappa shape index (κ1) is 9.50. The minimum atomic E-state index is 0.831. The zero-order valence-corrected chi connectivity index (χ0v) is 9.05. The van der Waals surface area contributed by atoms with Crippen LogP contribution in [-0.2, 0) is 0 Å². The van der Waals surface area contributed by atoms with Gasteiger partial charge in [-0.25, -0.2) is 0 Å². The summed E-state index contributed by atoms with van der Waals surface area (Å²) >= 11 is 7.41. The van der Waals surface area contributed by atoms with Gasteiger partial charge in [-0.15, -0.1) is 11.3 Å². The third kappa shape index (κ3) is 2.47. The van der Waals surface area contributed by atoms with Crippen LogP contribution in [0.2, 0.25) is 4.34 Å². The summed E-state index contributed by atoms with van der Waals surface area (Å²) in [5, 5.41) is 0. The Morgan fingerprint density at radius 1 is 0.929 bits per heavy atom. The van der Waals surface area contributed by atoms with E-state index in [2.05, 4.69) is 24.3 Å². The summed E-state index contributed by atoms with van der Waals surface area (Å²) in [7, 11) is 0. The van der Waals surface area contributed by atoms with E-state index in [9.17, 15) is 0 Å². The van der Waals surface area contributed by atoms with Crippen molar-refractivity contribution in [2.75, 3.05) is 0 Å². The van der Waals surface area contributed by atoms with Crippen molar-refractivity contribution in [3.63, 3.8) is 0 Å². The van der Waals surface area contributed by atoms with Gasteiger partial charge in [0, 0.05) is 4.88 Å². The summed E-state index contributed by atoms with van der Waals surface area (Å²) in [6.07, 6.45) is 4.16. The predicted octanol–water partition coefficient (Wildman–Crippen LogP) is 4.57. The zero-order chi connectivity index (χ0) is 9.80. The highest BCUT2D eigenvalue weighted by molar-refractivity contribution is 7.17. The van der Waals surface area contributed by atoms with E-state index in [0.717, 1.165) is 4.34 Å². The normalized spacial score (nSPS) is 10.9. The van der Waals surface area contributed by atoms with E-state index in [4.69, 9.17) is 11.6 Å². The molecule has 0 N–H and O–H groups in total. The highest BCUT2D eigenvalue weighted by atomic mass is 35.5. The van der Waals surface area contributed by atoms with Crippen molar-refractivity contribution in [3.8, 4) is 0 Å². The van der Waals surface area contributed by atoms with Crippen LogP contribution in [0.5, 0.6) is 0 Å². The largest absolute Gasteiger partial charge is 0.124 e. The number of rotatable bonds is 2. The van der Waals surface area contributed by atoms with Crippen LogP contribution < -0.4 is 0 Å². The van der Waals surface area contributed by atoms with Crippen LogP contribution in [-0.4, -0.2) is 0 Å². The molecule has 0 atom stereocenters. The Hall–Kier alpha value is -1.05. The van der Waals surface area contributed by atoms with Crippen LogP contribution >= 0.6 is 22.9 Å². The van der Waals surface area contributed by atoms with Gasteiger partial charge in [0.1, 0.15) is 0 Å². The molecular weight excluding hydrogens is 212 g/mol. The molecule has 0 radical (unpaired) electrons. The van der Waals surface area contributed by atoms with E-state index < -0.39 is 0 Å². The lowest BCUT2D eigenvalue weighted by atomic mass is 10.2. The van der Waals surface area contributed by atoms with E-state index in [1.807, 2.05) is 30.3 Å². The van der Waals surface area contributed by atoms with Gasteiger partial charge in [0.15, 0.2) is 0 Å². The fourth-order valence-corrected chi connectivity index (χ4v) is 2.12. The van der Waals surface area contributed by atoms with E-state index in [1.165, 1.54) is 10.4 Å². The van der Waals surface area contributed by atoms with Crippen molar-refractivity contribution < 1.29 is 0 Å². The van der Waals surface area contributed by atoms with Crippen molar-refractivity contribution >= 4 is 35.1 Å². The average molecular weight is 221 g/mol. The van der Waals surface area contributed by atoms with E-state index in [1.54, 1.807) is 11.3 Å². The first-order chi connectivity index (χ1) is 6.84. The van der Waals surface area contributed by atoms with Crippen molar-refractivity contribution in [3.05, 3.63) is 57.2 Å². The molecule has 2 rings (SSSR count). The summed E-state index contributed by atoms with van der Waals surface area (Å²) < 4.78 is 0.831. The van der Waals surface area contributed by atoms with Gasteiger partial charge in [0.05, 0.1) is 4.34 Å². The second-order valence-corrected chi connectivity index (χ2v) is 4.63. The minimum Gasteiger partial charge on any atom is -0.124 e. The molecule has 0 saturated carbocycles. The second-order valence-electron chi connectivity index (χ2n) is 2.89. The highest BCUT2D eigenvalue weighted by Crippen LogP contribution is 2.23. The van der Waals surface area contributed by atoms with Crippen LogP contribution in [0.15, 0.2) is 42.5 Å². The smallest absolute Gasteiger partial charge is 0.0934 e. The van der Waals surface area contributed by atoms with Crippen molar-refractivity contribution in [2.24, 2.45) is 0 Å². The fraction of sp³-hybridized carbons (Fsp3) is 0. The summed E-state index contributed by atoms with van der Waals surface area (Å²) in [6, 6.07) is 14.2. The molecule has 1 heterocycles. The molecule has 1 aromatic heterocycles. The Bertz CT molecular complexity index is 429. The standard InChI is InChI=1S/C12H9ClS/c13-12-9-8-11(14-12)7-6-10-4-2-1-3-5-10/h1-9H/b7-6+. The van der Waals surface area contributed by atoms with Crippen molar-refractivity contribution in [1.29, 1.82) is 0 Å². The zero-order valence-electron chi connectivity index (χ0n) is 7.48. The summed E-state index contributed by atoms with van der Waals surface area (Å²) in [5.41, 5.74) is 1.21. The number of halogens is 1. The molecule has 70 valence electrons. The third-order valence-corrected chi connectivity index (χ3v) is 3.03. The van der Waals surface area contributed by atoms with Gasteiger partial charge in [-0.3, -0.25) is 0 Å². The Labute approximate surface area is 92.5 Å². The fourth-order valence-electron chi connectivity index (χ4n) is 1.16. The number of benzene rings is 1. The molecule has 0 amide bonds. The Morgan fingerprint density at radius 2 is 1.71 bits per heavy atom. The van der Waals surface area contributed by atoms with Gasteiger partial charge in [0.2, 0.25) is 0 Å². The van der Waals surface area contributed by atoms with Crippen LogP contribution in [0.4, 0.5) is 0 Å². The Kier molecular flexibility index (Phi) is 3.02. The molecule has 14 heavy (non-hydrogen) atoms. The third-order valence-electron chi connectivity index (χ3n) is 1.83. The quantitative estimate of drug-likeness (QED) is 0.696. The highest BCUT2D eigenvalue weighted by Gasteiger charge is 1.92.